The summed E-state index contributed by atoms with van der Waals surface area (Å²) in [5, 5.41) is -0.776. The Labute approximate surface area is 108 Å². The van der Waals surface area contributed by atoms with Crippen LogP contribution in [-0.4, -0.2) is 8.42 Å². The fourth-order valence-electron chi connectivity index (χ4n) is 1.74. The van der Waals surface area contributed by atoms with E-state index in [1.807, 2.05) is 25.1 Å². The summed E-state index contributed by atoms with van der Waals surface area (Å²) < 4.78 is 24.8. The summed E-state index contributed by atoms with van der Waals surface area (Å²) in [5.41, 5.74) is 1.74. The van der Waals surface area contributed by atoms with E-state index in [9.17, 15) is 8.42 Å². The second kappa shape index (κ2) is 4.94. The quantitative estimate of drug-likeness (QED) is 0.847. The highest BCUT2D eigenvalue weighted by molar-refractivity contribution is 7.91. The zero-order chi connectivity index (χ0) is 13.2. The van der Waals surface area contributed by atoms with E-state index >= 15 is 0 Å². The van der Waals surface area contributed by atoms with Gasteiger partial charge in [-0.05, 0) is 31.5 Å². The van der Waals surface area contributed by atoms with Crippen LogP contribution in [-0.2, 0) is 9.84 Å². The van der Waals surface area contributed by atoms with Crippen LogP contribution in [0.3, 0.4) is 0 Å². The summed E-state index contributed by atoms with van der Waals surface area (Å²) >= 11 is 0. The number of hydrogen-bond donors (Lipinski definition) is 0. The van der Waals surface area contributed by atoms with Gasteiger partial charge in [-0.3, -0.25) is 0 Å². The second-order valence-corrected chi connectivity index (χ2v) is 6.39. The van der Waals surface area contributed by atoms with Gasteiger partial charge in [0.05, 0.1) is 10.1 Å². The maximum Gasteiger partial charge on any atom is 0.185 e. The van der Waals surface area contributed by atoms with E-state index in [2.05, 4.69) is 6.92 Å². The zero-order valence-electron chi connectivity index (χ0n) is 10.2. The minimum atomic E-state index is -3.42. The average molecular weight is 259 g/mol. The lowest BCUT2D eigenvalue weighted by Gasteiger charge is -2.13. The van der Waals surface area contributed by atoms with Crippen LogP contribution >= 0.6 is 0 Å². The molecule has 0 aromatic heterocycles. The van der Waals surface area contributed by atoms with E-state index in [0.717, 1.165) is 5.56 Å². The summed E-state index contributed by atoms with van der Waals surface area (Å²) in [6.45, 7) is 5.72. The summed E-state index contributed by atoms with van der Waals surface area (Å²) in [4.78, 5) is 0.317. The minimum Gasteiger partial charge on any atom is -0.223 e. The molecule has 0 aliphatic heterocycles. The molecule has 1 atom stereocenters. The van der Waals surface area contributed by atoms with E-state index in [1.54, 1.807) is 36.4 Å². The molecule has 0 aliphatic rings. The van der Waals surface area contributed by atoms with Crippen molar-refractivity contribution in [1.29, 1.82) is 0 Å². The number of hydrogen-bond acceptors (Lipinski definition) is 2. The monoisotopic (exact) mass is 259 g/mol. The van der Waals surface area contributed by atoms with Gasteiger partial charge >= 0.3 is 0 Å². The molecule has 1 unspecified atom stereocenters. The van der Waals surface area contributed by atoms with Crippen molar-refractivity contribution < 1.29 is 8.42 Å². The topological polar surface area (TPSA) is 34.1 Å². The van der Waals surface area contributed by atoms with Crippen LogP contribution in [0.5, 0.6) is 0 Å². The van der Waals surface area contributed by atoms with Gasteiger partial charge in [0.25, 0.3) is 0 Å². The van der Waals surface area contributed by atoms with Gasteiger partial charge in [0, 0.05) is 0 Å². The largest absolute Gasteiger partial charge is 0.223 e. The molecule has 1 radical (unpaired) electrons. The van der Waals surface area contributed by atoms with Crippen molar-refractivity contribution in [1.82, 2.24) is 0 Å². The SMILES string of the molecule is [CH2]C(c1ccccc1)S(=O)(=O)c1ccc(C)cc1. The normalized spacial score (nSPS) is 13.2. The maximum atomic E-state index is 12.4. The number of sulfone groups is 1. The first kappa shape index (κ1) is 12.8. The van der Waals surface area contributed by atoms with E-state index in [0.29, 0.717) is 10.5 Å². The lowest BCUT2D eigenvalue weighted by atomic mass is 10.2. The lowest BCUT2D eigenvalue weighted by Crippen LogP contribution is -2.10. The van der Waals surface area contributed by atoms with Gasteiger partial charge in [0.1, 0.15) is 0 Å². The Morgan fingerprint density at radius 3 is 2.06 bits per heavy atom. The molecule has 0 aliphatic carbocycles. The third-order valence-corrected chi connectivity index (χ3v) is 4.85. The maximum absolute atomic E-state index is 12.4. The Balaban J connectivity index is 2.40. The molecule has 93 valence electrons. The van der Waals surface area contributed by atoms with Crippen LogP contribution in [0, 0.1) is 13.8 Å². The van der Waals surface area contributed by atoms with Crippen LogP contribution in [0.15, 0.2) is 59.5 Å². The number of aryl methyl sites for hydroxylation is 1. The van der Waals surface area contributed by atoms with E-state index in [1.165, 1.54) is 0 Å². The molecule has 2 rings (SSSR count). The lowest BCUT2D eigenvalue weighted by molar-refractivity contribution is 0.590. The minimum absolute atomic E-state index is 0.317. The Bertz CT molecular complexity index is 613. The fraction of sp³-hybridized carbons (Fsp3) is 0.133. The molecule has 0 N–H and O–H groups in total. The first-order valence-electron chi connectivity index (χ1n) is 5.70. The second-order valence-electron chi connectivity index (χ2n) is 4.26. The zero-order valence-corrected chi connectivity index (χ0v) is 11.0. The highest BCUT2D eigenvalue weighted by atomic mass is 32.2. The Morgan fingerprint density at radius 1 is 0.944 bits per heavy atom. The van der Waals surface area contributed by atoms with Crippen molar-refractivity contribution in [2.45, 2.75) is 17.1 Å². The molecule has 0 saturated carbocycles. The summed E-state index contributed by atoms with van der Waals surface area (Å²) in [6, 6.07) is 15.9. The third-order valence-electron chi connectivity index (χ3n) is 2.90. The third kappa shape index (κ3) is 2.46. The molecule has 18 heavy (non-hydrogen) atoms. The van der Waals surface area contributed by atoms with Crippen molar-refractivity contribution in [3.05, 3.63) is 72.6 Å². The van der Waals surface area contributed by atoms with E-state index in [-0.39, 0.29) is 0 Å². The molecule has 0 heterocycles. The first-order chi connectivity index (χ1) is 8.51. The molecule has 2 nitrogen and oxygen atoms in total. The van der Waals surface area contributed by atoms with Gasteiger partial charge in [-0.1, -0.05) is 48.0 Å². The molecule has 3 heteroatoms. The standard InChI is InChI=1S/C15H15O2S/c1-12-8-10-15(11-9-12)18(16,17)13(2)14-6-4-3-5-7-14/h3-11,13H,2H2,1H3. The van der Waals surface area contributed by atoms with Gasteiger partial charge in [0.15, 0.2) is 9.84 Å². The van der Waals surface area contributed by atoms with Gasteiger partial charge in [0.2, 0.25) is 0 Å². The average Bonchev–Trinajstić information content (AvgIpc) is 2.39. The molecule has 0 bridgehead atoms. The number of rotatable bonds is 3. The molecule has 0 fully saturated rings. The summed E-state index contributed by atoms with van der Waals surface area (Å²) in [5.74, 6) is 0. The van der Waals surface area contributed by atoms with Gasteiger partial charge in [-0.25, -0.2) is 8.42 Å². The van der Waals surface area contributed by atoms with Gasteiger partial charge in [-0.15, -0.1) is 0 Å². The van der Waals surface area contributed by atoms with Gasteiger partial charge < -0.3 is 0 Å². The summed E-state index contributed by atoms with van der Waals surface area (Å²) in [6.07, 6.45) is 0. The molecule has 0 spiro atoms. The predicted octanol–water partition coefficient (Wildman–Crippen LogP) is 3.34. The van der Waals surface area contributed by atoms with Crippen molar-refractivity contribution in [3.8, 4) is 0 Å². The molecule has 0 saturated heterocycles. The Hall–Kier alpha value is -1.61. The van der Waals surface area contributed by atoms with Crippen LogP contribution in [0.4, 0.5) is 0 Å². The van der Waals surface area contributed by atoms with Crippen molar-refractivity contribution in [2.24, 2.45) is 0 Å². The molecular weight excluding hydrogens is 244 g/mol. The molecule has 2 aromatic rings. The van der Waals surface area contributed by atoms with E-state index in [4.69, 9.17) is 0 Å². The smallest absolute Gasteiger partial charge is 0.185 e. The molecular formula is C15H15O2S. The summed E-state index contributed by atoms with van der Waals surface area (Å²) in [7, 11) is -3.42. The van der Waals surface area contributed by atoms with Crippen molar-refractivity contribution in [2.75, 3.05) is 0 Å². The van der Waals surface area contributed by atoms with E-state index < -0.39 is 15.1 Å². The fourth-order valence-corrected chi connectivity index (χ4v) is 3.10. The Kier molecular flexibility index (Phi) is 3.53. The highest BCUT2D eigenvalue weighted by Crippen LogP contribution is 2.27. The van der Waals surface area contributed by atoms with Gasteiger partial charge in [-0.2, -0.15) is 0 Å². The Morgan fingerprint density at radius 2 is 1.50 bits per heavy atom. The van der Waals surface area contributed by atoms with Crippen LogP contribution in [0.2, 0.25) is 0 Å². The van der Waals surface area contributed by atoms with Crippen molar-refractivity contribution in [3.63, 3.8) is 0 Å². The predicted molar refractivity (Wildman–Crippen MR) is 72.9 cm³/mol. The van der Waals surface area contributed by atoms with Crippen LogP contribution in [0.25, 0.3) is 0 Å². The van der Waals surface area contributed by atoms with Crippen LogP contribution < -0.4 is 0 Å². The molecule has 2 aromatic carbocycles. The van der Waals surface area contributed by atoms with Crippen LogP contribution in [0.1, 0.15) is 16.4 Å². The number of benzene rings is 2. The molecule has 0 amide bonds. The first-order valence-corrected chi connectivity index (χ1v) is 7.25. The van der Waals surface area contributed by atoms with Crippen molar-refractivity contribution >= 4 is 9.84 Å². The highest BCUT2D eigenvalue weighted by Gasteiger charge is 2.24.